The zero-order valence-corrected chi connectivity index (χ0v) is 9.94. The molecule has 0 aromatic heterocycles. The Labute approximate surface area is 101 Å². The lowest BCUT2D eigenvalue weighted by Gasteiger charge is -2.10. The number of ether oxygens (including phenoxy) is 2. The Bertz CT molecular complexity index is 369. The molecule has 1 aromatic carbocycles. The minimum Gasteiger partial charge on any atom is -0.497 e. The van der Waals surface area contributed by atoms with Gasteiger partial charge in [0.1, 0.15) is 18.4 Å². The van der Waals surface area contributed by atoms with Gasteiger partial charge in [-0.25, -0.2) is 0 Å². The van der Waals surface area contributed by atoms with Gasteiger partial charge in [0.2, 0.25) is 0 Å². The van der Waals surface area contributed by atoms with E-state index in [9.17, 15) is 4.79 Å². The molecule has 1 atom stereocenters. The van der Waals surface area contributed by atoms with Gasteiger partial charge in [0.05, 0.1) is 7.11 Å². The SMILES string of the molecule is COc1ccc(COC(=O)C2CCCN2)cc1. The van der Waals surface area contributed by atoms with Gasteiger partial charge in [-0.3, -0.25) is 4.79 Å². The van der Waals surface area contributed by atoms with Gasteiger partial charge in [0, 0.05) is 0 Å². The third-order valence-corrected chi connectivity index (χ3v) is 2.88. The molecule has 4 nitrogen and oxygen atoms in total. The molecular weight excluding hydrogens is 218 g/mol. The van der Waals surface area contributed by atoms with Crippen LogP contribution in [0.15, 0.2) is 24.3 Å². The number of carbonyl (C=O) groups is 1. The molecule has 0 spiro atoms. The lowest BCUT2D eigenvalue weighted by molar-refractivity contribution is -0.147. The monoisotopic (exact) mass is 235 g/mol. The molecule has 1 saturated heterocycles. The molecule has 1 aliphatic heterocycles. The lowest BCUT2D eigenvalue weighted by atomic mass is 10.2. The van der Waals surface area contributed by atoms with Crippen molar-refractivity contribution < 1.29 is 14.3 Å². The lowest BCUT2D eigenvalue weighted by Crippen LogP contribution is -2.32. The van der Waals surface area contributed by atoms with Crippen molar-refractivity contribution >= 4 is 5.97 Å². The summed E-state index contributed by atoms with van der Waals surface area (Å²) in [6.07, 6.45) is 1.92. The maximum absolute atomic E-state index is 11.6. The van der Waals surface area contributed by atoms with Crippen LogP contribution in [0.2, 0.25) is 0 Å². The number of hydrogen-bond acceptors (Lipinski definition) is 4. The van der Waals surface area contributed by atoms with Gasteiger partial charge < -0.3 is 14.8 Å². The van der Waals surface area contributed by atoms with Gasteiger partial charge in [0.15, 0.2) is 0 Å². The van der Waals surface area contributed by atoms with Crippen molar-refractivity contribution in [1.29, 1.82) is 0 Å². The van der Waals surface area contributed by atoms with Crippen molar-refractivity contribution in [1.82, 2.24) is 5.32 Å². The number of rotatable bonds is 4. The van der Waals surface area contributed by atoms with E-state index in [2.05, 4.69) is 5.32 Å². The van der Waals surface area contributed by atoms with E-state index in [1.165, 1.54) is 0 Å². The van der Waals surface area contributed by atoms with Crippen LogP contribution in [0.25, 0.3) is 0 Å². The molecule has 1 unspecified atom stereocenters. The Morgan fingerprint density at radius 3 is 2.76 bits per heavy atom. The van der Waals surface area contributed by atoms with E-state index in [4.69, 9.17) is 9.47 Å². The maximum Gasteiger partial charge on any atom is 0.323 e. The van der Waals surface area contributed by atoms with Gasteiger partial charge in [-0.15, -0.1) is 0 Å². The topological polar surface area (TPSA) is 47.6 Å². The summed E-state index contributed by atoms with van der Waals surface area (Å²) in [6, 6.07) is 7.39. The second-order valence-corrected chi connectivity index (χ2v) is 4.10. The highest BCUT2D eigenvalue weighted by molar-refractivity contribution is 5.76. The molecular formula is C13H17NO3. The van der Waals surface area contributed by atoms with Crippen molar-refractivity contribution in [2.75, 3.05) is 13.7 Å². The van der Waals surface area contributed by atoms with Crippen LogP contribution in [0.4, 0.5) is 0 Å². The van der Waals surface area contributed by atoms with Crippen LogP contribution in [0.3, 0.4) is 0 Å². The first-order chi connectivity index (χ1) is 8.29. The molecule has 92 valence electrons. The molecule has 1 fully saturated rings. The number of carbonyl (C=O) groups excluding carboxylic acids is 1. The predicted molar refractivity (Wildman–Crippen MR) is 63.8 cm³/mol. The molecule has 0 radical (unpaired) electrons. The molecule has 4 heteroatoms. The first-order valence-electron chi connectivity index (χ1n) is 5.82. The summed E-state index contributed by atoms with van der Waals surface area (Å²) in [6.45, 7) is 1.23. The average Bonchev–Trinajstić information content (AvgIpc) is 2.90. The van der Waals surface area contributed by atoms with E-state index in [1.807, 2.05) is 24.3 Å². The third-order valence-electron chi connectivity index (χ3n) is 2.88. The molecule has 0 bridgehead atoms. The Morgan fingerprint density at radius 2 is 2.18 bits per heavy atom. The highest BCUT2D eigenvalue weighted by Gasteiger charge is 2.23. The quantitative estimate of drug-likeness (QED) is 0.803. The fourth-order valence-corrected chi connectivity index (χ4v) is 1.86. The molecule has 17 heavy (non-hydrogen) atoms. The van der Waals surface area contributed by atoms with Crippen molar-refractivity contribution in [2.24, 2.45) is 0 Å². The molecule has 1 aliphatic rings. The van der Waals surface area contributed by atoms with Gasteiger partial charge in [-0.2, -0.15) is 0 Å². The van der Waals surface area contributed by atoms with E-state index < -0.39 is 0 Å². The zero-order chi connectivity index (χ0) is 12.1. The van der Waals surface area contributed by atoms with Crippen LogP contribution in [0, 0.1) is 0 Å². The number of nitrogens with one attached hydrogen (secondary N) is 1. The molecule has 0 amide bonds. The van der Waals surface area contributed by atoms with Gasteiger partial charge >= 0.3 is 5.97 Å². The van der Waals surface area contributed by atoms with Gasteiger partial charge in [-0.1, -0.05) is 12.1 Å². The maximum atomic E-state index is 11.6. The predicted octanol–water partition coefficient (Wildman–Crippen LogP) is 1.49. The number of methoxy groups -OCH3 is 1. The van der Waals surface area contributed by atoms with E-state index in [0.29, 0.717) is 6.61 Å². The first kappa shape index (κ1) is 11.9. The van der Waals surface area contributed by atoms with E-state index in [1.54, 1.807) is 7.11 Å². The second-order valence-electron chi connectivity index (χ2n) is 4.10. The third kappa shape index (κ3) is 3.20. The van der Waals surface area contributed by atoms with E-state index in [0.717, 1.165) is 30.7 Å². The second kappa shape index (κ2) is 5.68. The summed E-state index contributed by atoms with van der Waals surface area (Å²) in [7, 11) is 1.63. The average molecular weight is 235 g/mol. The summed E-state index contributed by atoms with van der Waals surface area (Å²) >= 11 is 0. The summed E-state index contributed by atoms with van der Waals surface area (Å²) in [5.74, 6) is 0.649. The Morgan fingerprint density at radius 1 is 1.41 bits per heavy atom. The summed E-state index contributed by atoms with van der Waals surface area (Å²) in [5.41, 5.74) is 0.970. The largest absolute Gasteiger partial charge is 0.497 e. The zero-order valence-electron chi connectivity index (χ0n) is 9.94. The molecule has 0 saturated carbocycles. The first-order valence-corrected chi connectivity index (χ1v) is 5.82. The van der Waals surface area contributed by atoms with Crippen LogP contribution in [0.1, 0.15) is 18.4 Å². The summed E-state index contributed by atoms with van der Waals surface area (Å²) in [5, 5.41) is 3.12. The Balaban J connectivity index is 1.82. The van der Waals surface area contributed by atoms with Crippen LogP contribution in [-0.2, 0) is 16.1 Å². The van der Waals surface area contributed by atoms with Gasteiger partial charge in [-0.05, 0) is 37.1 Å². The summed E-state index contributed by atoms with van der Waals surface area (Å²) in [4.78, 5) is 11.6. The van der Waals surface area contributed by atoms with Crippen molar-refractivity contribution in [3.63, 3.8) is 0 Å². The molecule has 2 rings (SSSR count). The summed E-state index contributed by atoms with van der Waals surface area (Å²) < 4.78 is 10.3. The highest BCUT2D eigenvalue weighted by atomic mass is 16.5. The van der Waals surface area contributed by atoms with E-state index in [-0.39, 0.29) is 12.0 Å². The standard InChI is InChI=1S/C13H17NO3/c1-16-11-6-4-10(5-7-11)9-17-13(15)12-3-2-8-14-12/h4-7,12,14H,2-3,8-9H2,1H3. The fraction of sp³-hybridized carbons (Fsp3) is 0.462. The Hall–Kier alpha value is -1.55. The molecule has 1 heterocycles. The number of benzene rings is 1. The van der Waals surface area contributed by atoms with Crippen LogP contribution in [-0.4, -0.2) is 25.7 Å². The Kier molecular flexibility index (Phi) is 3.98. The van der Waals surface area contributed by atoms with Crippen LogP contribution >= 0.6 is 0 Å². The van der Waals surface area contributed by atoms with Crippen molar-refractivity contribution in [3.05, 3.63) is 29.8 Å². The molecule has 1 N–H and O–H groups in total. The molecule has 1 aromatic rings. The normalized spacial score (nSPS) is 19.0. The smallest absolute Gasteiger partial charge is 0.323 e. The van der Waals surface area contributed by atoms with Crippen LogP contribution < -0.4 is 10.1 Å². The minimum absolute atomic E-state index is 0.117. The van der Waals surface area contributed by atoms with Gasteiger partial charge in [0.25, 0.3) is 0 Å². The number of esters is 1. The van der Waals surface area contributed by atoms with Crippen LogP contribution in [0.5, 0.6) is 5.75 Å². The molecule has 0 aliphatic carbocycles. The van der Waals surface area contributed by atoms with Crippen molar-refractivity contribution in [2.45, 2.75) is 25.5 Å². The highest BCUT2D eigenvalue weighted by Crippen LogP contribution is 2.13. The minimum atomic E-state index is -0.154. The number of hydrogen-bond donors (Lipinski definition) is 1. The van der Waals surface area contributed by atoms with E-state index >= 15 is 0 Å². The van der Waals surface area contributed by atoms with Crippen molar-refractivity contribution in [3.8, 4) is 5.75 Å². The fourth-order valence-electron chi connectivity index (χ4n) is 1.86.